The molecule has 1 fully saturated rings. The maximum absolute atomic E-state index is 13.1. The first-order valence-electron chi connectivity index (χ1n) is 6.36. The topological polar surface area (TPSA) is 49.4 Å². The summed E-state index contributed by atoms with van der Waals surface area (Å²) in [4.78, 5) is 24.6. The highest BCUT2D eigenvalue weighted by Crippen LogP contribution is 2.10. The molecule has 0 spiro atoms. The van der Waals surface area contributed by atoms with Crippen LogP contribution >= 0.6 is 0 Å². The lowest BCUT2D eigenvalue weighted by atomic mass is 10.1. The Kier molecular flexibility index (Phi) is 4.14. The van der Waals surface area contributed by atoms with Crippen molar-refractivity contribution in [3.05, 3.63) is 35.1 Å². The van der Waals surface area contributed by atoms with Crippen molar-refractivity contribution in [3.8, 4) is 0 Å². The molecule has 19 heavy (non-hydrogen) atoms. The van der Waals surface area contributed by atoms with E-state index in [-0.39, 0.29) is 24.2 Å². The van der Waals surface area contributed by atoms with Gasteiger partial charge in [0, 0.05) is 19.5 Å². The molecule has 1 aromatic rings. The van der Waals surface area contributed by atoms with Crippen LogP contribution in [0.1, 0.15) is 24.0 Å². The van der Waals surface area contributed by atoms with Crippen LogP contribution in [0, 0.1) is 12.7 Å². The molecule has 1 heterocycles. The number of nitrogens with one attached hydrogen (secondary N) is 1. The number of amides is 2. The average Bonchev–Trinajstić information content (AvgIpc) is 2.77. The van der Waals surface area contributed by atoms with E-state index in [1.165, 1.54) is 6.07 Å². The molecule has 0 aromatic heterocycles. The average molecular weight is 264 g/mol. The van der Waals surface area contributed by atoms with Crippen molar-refractivity contribution in [2.75, 3.05) is 13.1 Å². The monoisotopic (exact) mass is 264 g/mol. The molecule has 102 valence electrons. The van der Waals surface area contributed by atoms with Gasteiger partial charge < -0.3 is 10.2 Å². The number of aryl methyl sites for hydroxylation is 1. The summed E-state index contributed by atoms with van der Waals surface area (Å²) in [5.74, 6) is -0.400. The van der Waals surface area contributed by atoms with E-state index in [0.29, 0.717) is 25.1 Å². The molecule has 0 radical (unpaired) electrons. The minimum Gasteiger partial charge on any atom is -0.350 e. The van der Waals surface area contributed by atoms with Crippen molar-refractivity contribution in [1.29, 1.82) is 0 Å². The fraction of sp³-hybridized carbons (Fsp3) is 0.429. The van der Waals surface area contributed by atoms with Gasteiger partial charge in [-0.15, -0.1) is 0 Å². The number of carbonyl (C=O) groups excluding carboxylic acids is 2. The Morgan fingerprint density at radius 3 is 2.89 bits per heavy atom. The minimum absolute atomic E-state index is 0.0350. The van der Waals surface area contributed by atoms with E-state index >= 15 is 0 Å². The zero-order chi connectivity index (χ0) is 13.8. The molecule has 1 N–H and O–H groups in total. The molecule has 0 unspecified atom stereocenters. The Labute approximate surface area is 111 Å². The van der Waals surface area contributed by atoms with Gasteiger partial charge in [0.15, 0.2) is 0 Å². The zero-order valence-electron chi connectivity index (χ0n) is 10.9. The van der Waals surface area contributed by atoms with Crippen molar-refractivity contribution < 1.29 is 14.0 Å². The Morgan fingerprint density at radius 2 is 2.26 bits per heavy atom. The van der Waals surface area contributed by atoms with Crippen LogP contribution in [0.2, 0.25) is 0 Å². The quantitative estimate of drug-likeness (QED) is 0.893. The van der Waals surface area contributed by atoms with Gasteiger partial charge in [-0.25, -0.2) is 4.39 Å². The van der Waals surface area contributed by atoms with Gasteiger partial charge in [-0.05, 0) is 30.5 Å². The highest BCUT2D eigenvalue weighted by atomic mass is 19.1. The highest BCUT2D eigenvalue weighted by Gasteiger charge is 2.21. The van der Waals surface area contributed by atoms with Crippen LogP contribution in [0.4, 0.5) is 4.39 Å². The second-order valence-electron chi connectivity index (χ2n) is 4.78. The maximum atomic E-state index is 13.1. The van der Waals surface area contributed by atoms with E-state index in [1.54, 1.807) is 24.0 Å². The molecule has 5 heteroatoms. The SMILES string of the molecule is Cc1cc(CNC(=O)CN2CCCC2=O)ccc1F. The summed E-state index contributed by atoms with van der Waals surface area (Å²) in [6.45, 7) is 2.80. The fourth-order valence-electron chi connectivity index (χ4n) is 2.12. The summed E-state index contributed by atoms with van der Waals surface area (Å²) in [5.41, 5.74) is 1.40. The van der Waals surface area contributed by atoms with Crippen LogP contribution in [0.15, 0.2) is 18.2 Å². The largest absolute Gasteiger partial charge is 0.350 e. The third-order valence-electron chi connectivity index (χ3n) is 3.22. The van der Waals surface area contributed by atoms with Gasteiger partial charge in [0.1, 0.15) is 5.82 Å². The van der Waals surface area contributed by atoms with Gasteiger partial charge >= 0.3 is 0 Å². The number of rotatable bonds is 4. The van der Waals surface area contributed by atoms with Gasteiger partial charge in [0.05, 0.1) is 6.54 Å². The van der Waals surface area contributed by atoms with Crippen molar-refractivity contribution >= 4 is 11.8 Å². The van der Waals surface area contributed by atoms with Crippen LogP contribution < -0.4 is 5.32 Å². The Hall–Kier alpha value is -1.91. The summed E-state index contributed by atoms with van der Waals surface area (Å²) in [6, 6.07) is 4.74. The van der Waals surface area contributed by atoms with Crippen LogP contribution in [0.5, 0.6) is 0 Å². The van der Waals surface area contributed by atoms with E-state index in [4.69, 9.17) is 0 Å². The summed E-state index contributed by atoms with van der Waals surface area (Å²) in [6.07, 6.45) is 1.35. The summed E-state index contributed by atoms with van der Waals surface area (Å²) in [5, 5.41) is 2.74. The van der Waals surface area contributed by atoms with Gasteiger partial charge in [-0.2, -0.15) is 0 Å². The lowest BCUT2D eigenvalue weighted by Gasteiger charge is -2.15. The molecular formula is C14H17FN2O2. The van der Waals surface area contributed by atoms with Crippen molar-refractivity contribution in [2.45, 2.75) is 26.3 Å². The summed E-state index contributed by atoms with van der Waals surface area (Å²) >= 11 is 0. The third kappa shape index (κ3) is 3.53. The number of hydrogen-bond donors (Lipinski definition) is 1. The molecular weight excluding hydrogens is 247 g/mol. The van der Waals surface area contributed by atoms with E-state index in [0.717, 1.165) is 12.0 Å². The lowest BCUT2D eigenvalue weighted by Crippen LogP contribution is -2.37. The van der Waals surface area contributed by atoms with Crippen molar-refractivity contribution in [3.63, 3.8) is 0 Å². The molecule has 1 saturated heterocycles. The molecule has 1 aliphatic heterocycles. The van der Waals surface area contributed by atoms with Crippen LogP contribution in [-0.4, -0.2) is 29.8 Å². The second kappa shape index (κ2) is 5.82. The van der Waals surface area contributed by atoms with E-state index < -0.39 is 0 Å². The summed E-state index contributed by atoms with van der Waals surface area (Å²) < 4.78 is 13.1. The van der Waals surface area contributed by atoms with E-state index in [1.807, 2.05) is 0 Å². The molecule has 1 aliphatic rings. The number of benzene rings is 1. The zero-order valence-corrected chi connectivity index (χ0v) is 10.9. The predicted molar refractivity (Wildman–Crippen MR) is 68.8 cm³/mol. The van der Waals surface area contributed by atoms with E-state index in [2.05, 4.69) is 5.32 Å². The number of carbonyl (C=O) groups is 2. The molecule has 2 amide bonds. The fourth-order valence-corrected chi connectivity index (χ4v) is 2.12. The first-order chi connectivity index (χ1) is 9.06. The molecule has 0 bridgehead atoms. The van der Waals surface area contributed by atoms with Gasteiger partial charge in [-0.1, -0.05) is 12.1 Å². The van der Waals surface area contributed by atoms with Crippen molar-refractivity contribution in [2.24, 2.45) is 0 Å². The van der Waals surface area contributed by atoms with Crippen LogP contribution in [0.3, 0.4) is 0 Å². The molecule has 1 aromatic carbocycles. The van der Waals surface area contributed by atoms with Gasteiger partial charge in [0.25, 0.3) is 0 Å². The number of halogens is 1. The predicted octanol–water partition coefficient (Wildman–Crippen LogP) is 1.37. The molecule has 4 nitrogen and oxygen atoms in total. The Balaban J connectivity index is 1.82. The highest BCUT2D eigenvalue weighted by molar-refractivity contribution is 5.85. The first kappa shape index (κ1) is 13.5. The first-order valence-corrected chi connectivity index (χ1v) is 6.36. The van der Waals surface area contributed by atoms with Gasteiger partial charge in [-0.3, -0.25) is 9.59 Å². The number of nitrogens with zero attached hydrogens (tertiary/aromatic N) is 1. The molecule has 0 aliphatic carbocycles. The molecule has 0 saturated carbocycles. The smallest absolute Gasteiger partial charge is 0.239 e. The van der Waals surface area contributed by atoms with Gasteiger partial charge in [0.2, 0.25) is 11.8 Å². The van der Waals surface area contributed by atoms with Crippen LogP contribution in [-0.2, 0) is 16.1 Å². The van der Waals surface area contributed by atoms with E-state index in [9.17, 15) is 14.0 Å². The normalized spacial score (nSPS) is 14.8. The second-order valence-corrected chi connectivity index (χ2v) is 4.78. The minimum atomic E-state index is -0.252. The lowest BCUT2D eigenvalue weighted by molar-refractivity contribution is -0.133. The van der Waals surface area contributed by atoms with Crippen LogP contribution in [0.25, 0.3) is 0 Å². The molecule has 2 rings (SSSR count). The summed E-state index contributed by atoms with van der Waals surface area (Å²) in [7, 11) is 0. The molecule has 0 atom stereocenters. The van der Waals surface area contributed by atoms with Crippen molar-refractivity contribution in [1.82, 2.24) is 10.2 Å². The Bertz CT molecular complexity index is 502. The Morgan fingerprint density at radius 1 is 1.47 bits per heavy atom. The maximum Gasteiger partial charge on any atom is 0.239 e. The number of hydrogen-bond acceptors (Lipinski definition) is 2. The standard InChI is InChI=1S/C14H17FN2O2/c1-10-7-11(4-5-12(10)15)8-16-13(18)9-17-6-2-3-14(17)19/h4-5,7H,2-3,6,8-9H2,1H3,(H,16,18). The third-order valence-corrected chi connectivity index (χ3v) is 3.22. The number of likely N-dealkylation sites (tertiary alicyclic amines) is 1.